The summed E-state index contributed by atoms with van der Waals surface area (Å²) in [6, 6.07) is 11.8. The van der Waals surface area contributed by atoms with Crippen LogP contribution in [0.2, 0.25) is 0 Å². The Kier molecular flexibility index (Phi) is 5.31. The van der Waals surface area contributed by atoms with Crippen molar-refractivity contribution in [1.82, 2.24) is 19.1 Å². The topological polar surface area (TPSA) is 117 Å². The summed E-state index contributed by atoms with van der Waals surface area (Å²) in [7, 11) is 0. The largest absolute Gasteiger partial charge is 0.486 e. The van der Waals surface area contributed by atoms with Crippen LogP contribution in [-0.2, 0) is 17.9 Å². The molecule has 4 heterocycles. The number of amides is 1. The molecular formula is C23H19N5O5. The summed E-state index contributed by atoms with van der Waals surface area (Å²) in [5.41, 5.74) is 0.438. The summed E-state index contributed by atoms with van der Waals surface area (Å²) in [6.45, 7) is 0.610. The van der Waals surface area contributed by atoms with Gasteiger partial charge in [0.1, 0.15) is 19.8 Å². The molecule has 10 heteroatoms. The highest BCUT2D eigenvalue weighted by Crippen LogP contribution is 2.32. The second-order valence-corrected chi connectivity index (χ2v) is 7.40. The smallest absolute Gasteiger partial charge is 0.332 e. The Bertz CT molecular complexity index is 1460. The molecule has 10 nitrogen and oxygen atoms in total. The fraction of sp³-hybridized carbons (Fsp3) is 0.174. The Morgan fingerprint density at radius 2 is 1.82 bits per heavy atom. The molecule has 0 radical (unpaired) electrons. The summed E-state index contributed by atoms with van der Waals surface area (Å²) < 4.78 is 13.3. The minimum atomic E-state index is -0.610. The molecule has 1 N–H and O–H groups in total. The second kappa shape index (κ2) is 8.58. The first-order valence-electron chi connectivity index (χ1n) is 10.3. The van der Waals surface area contributed by atoms with Gasteiger partial charge in [0.05, 0.1) is 12.1 Å². The number of nitrogens with zero attached hydrogens (tertiary/aromatic N) is 4. The number of carbonyl (C=O) groups excluding carboxylic acids is 1. The lowest BCUT2D eigenvalue weighted by Crippen LogP contribution is -2.42. The molecule has 0 fully saturated rings. The Morgan fingerprint density at radius 3 is 2.64 bits per heavy atom. The average molecular weight is 445 g/mol. The minimum Gasteiger partial charge on any atom is -0.486 e. The molecule has 0 aliphatic carbocycles. The number of fused-ring (bicyclic) bond motifs is 2. The van der Waals surface area contributed by atoms with Crippen LogP contribution in [0.1, 0.15) is 5.56 Å². The van der Waals surface area contributed by atoms with Crippen molar-refractivity contribution in [3.63, 3.8) is 0 Å². The van der Waals surface area contributed by atoms with Crippen LogP contribution >= 0.6 is 0 Å². The first kappa shape index (κ1) is 20.4. The monoisotopic (exact) mass is 445 g/mol. The highest BCUT2D eigenvalue weighted by atomic mass is 16.6. The van der Waals surface area contributed by atoms with Gasteiger partial charge in [0.2, 0.25) is 5.91 Å². The number of nitrogens with one attached hydrogen (secondary N) is 1. The fourth-order valence-electron chi connectivity index (χ4n) is 3.67. The number of hydrogen-bond acceptors (Lipinski definition) is 7. The number of anilines is 1. The molecule has 5 rings (SSSR count). The van der Waals surface area contributed by atoms with E-state index < -0.39 is 17.2 Å². The molecule has 1 aliphatic heterocycles. The molecule has 1 amide bonds. The summed E-state index contributed by atoms with van der Waals surface area (Å²) in [4.78, 5) is 47.2. The van der Waals surface area contributed by atoms with Crippen molar-refractivity contribution >= 4 is 22.6 Å². The Labute approximate surface area is 187 Å². The number of carbonyl (C=O) groups is 1. The zero-order valence-corrected chi connectivity index (χ0v) is 17.4. The molecule has 0 saturated heterocycles. The quantitative estimate of drug-likeness (QED) is 0.494. The third-order valence-corrected chi connectivity index (χ3v) is 5.18. The summed E-state index contributed by atoms with van der Waals surface area (Å²) >= 11 is 0. The van der Waals surface area contributed by atoms with Crippen LogP contribution in [0.25, 0.3) is 11.0 Å². The molecule has 0 spiro atoms. The van der Waals surface area contributed by atoms with Crippen molar-refractivity contribution in [3.05, 3.63) is 87.5 Å². The van der Waals surface area contributed by atoms with E-state index in [-0.39, 0.29) is 24.1 Å². The van der Waals surface area contributed by atoms with Crippen molar-refractivity contribution < 1.29 is 14.3 Å². The van der Waals surface area contributed by atoms with Gasteiger partial charge in [-0.05, 0) is 35.9 Å². The Balaban J connectivity index is 1.49. The predicted molar refractivity (Wildman–Crippen MR) is 120 cm³/mol. The van der Waals surface area contributed by atoms with E-state index in [0.29, 0.717) is 36.0 Å². The highest BCUT2D eigenvalue weighted by molar-refractivity contribution is 5.91. The Hall–Kier alpha value is -4.47. The van der Waals surface area contributed by atoms with Crippen molar-refractivity contribution in [3.8, 4) is 11.5 Å². The number of aromatic nitrogens is 4. The summed E-state index contributed by atoms with van der Waals surface area (Å²) in [5, 5.41) is 2.76. The van der Waals surface area contributed by atoms with E-state index in [1.54, 1.807) is 54.9 Å². The molecule has 1 aromatic carbocycles. The Morgan fingerprint density at radius 1 is 1.00 bits per heavy atom. The van der Waals surface area contributed by atoms with Crippen LogP contribution in [0, 0.1) is 0 Å². The maximum absolute atomic E-state index is 13.2. The molecule has 33 heavy (non-hydrogen) atoms. The molecule has 166 valence electrons. The van der Waals surface area contributed by atoms with E-state index in [4.69, 9.17) is 9.47 Å². The van der Waals surface area contributed by atoms with E-state index in [1.807, 2.05) is 0 Å². The number of pyridine rings is 2. The third kappa shape index (κ3) is 4.05. The summed E-state index contributed by atoms with van der Waals surface area (Å²) in [5.74, 6) is 0.705. The van der Waals surface area contributed by atoms with Crippen LogP contribution in [0.4, 0.5) is 5.69 Å². The first-order chi connectivity index (χ1) is 16.1. The lowest BCUT2D eigenvalue weighted by atomic mass is 10.2. The van der Waals surface area contributed by atoms with Crippen LogP contribution in [0.15, 0.2) is 70.6 Å². The zero-order valence-electron chi connectivity index (χ0n) is 17.4. The van der Waals surface area contributed by atoms with E-state index >= 15 is 0 Å². The summed E-state index contributed by atoms with van der Waals surface area (Å²) in [6.07, 6.45) is 4.66. The lowest BCUT2D eigenvalue weighted by molar-refractivity contribution is -0.116. The van der Waals surface area contributed by atoms with E-state index in [1.165, 1.54) is 10.8 Å². The number of rotatable bonds is 5. The van der Waals surface area contributed by atoms with Gasteiger partial charge in [-0.15, -0.1) is 0 Å². The van der Waals surface area contributed by atoms with Gasteiger partial charge in [0.15, 0.2) is 17.0 Å². The first-order valence-corrected chi connectivity index (χ1v) is 10.3. The SMILES string of the molecule is O=C(Cn1c(=O)n(Cc2cccnc2)c(=O)c2ncccc21)Nc1ccc2c(c1)OCCO2. The predicted octanol–water partition coefficient (Wildman–Crippen LogP) is 1.41. The van der Waals surface area contributed by atoms with Crippen LogP contribution in [-0.4, -0.2) is 38.2 Å². The average Bonchev–Trinajstić information content (AvgIpc) is 2.85. The van der Waals surface area contributed by atoms with Crippen LogP contribution in [0.5, 0.6) is 11.5 Å². The van der Waals surface area contributed by atoms with E-state index in [9.17, 15) is 14.4 Å². The van der Waals surface area contributed by atoms with Gasteiger partial charge < -0.3 is 14.8 Å². The van der Waals surface area contributed by atoms with Crippen molar-refractivity contribution in [2.45, 2.75) is 13.1 Å². The van der Waals surface area contributed by atoms with E-state index in [0.717, 1.165) is 4.57 Å². The van der Waals surface area contributed by atoms with Gasteiger partial charge in [-0.1, -0.05) is 6.07 Å². The molecule has 0 bridgehead atoms. The molecule has 1 aliphatic rings. The van der Waals surface area contributed by atoms with Gasteiger partial charge >= 0.3 is 5.69 Å². The molecule has 0 unspecified atom stereocenters. The second-order valence-electron chi connectivity index (χ2n) is 7.40. The maximum Gasteiger partial charge on any atom is 0.332 e. The maximum atomic E-state index is 13.2. The molecular weight excluding hydrogens is 426 g/mol. The van der Waals surface area contributed by atoms with Crippen LogP contribution < -0.4 is 26.0 Å². The fourth-order valence-corrected chi connectivity index (χ4v) is 3.67. The van der Waals surface area contributed by atoms with E-state index in [2.05, 4.69) is 15.3 Å². The third-order valence-electron chi connectivity index (χ3n) is 5.18. The van der Waals surface area contributed by atoms with Gasteiger partial charge in [0.25, 0.3) is 5.56 Å². The minimum absolute atomic E-state index is 0.0157. The number of benzene rings is 1. The lowest BCUT2D eigenvalue weighted by Gasteiger charge is -2.19. The van der Waals surface area contributed by atoms with Crippen LogP contribution in [0.3, 0.4) is 0 Å². The molecule has 3 aromatic heterocycles. The normalized spacial score (nSPS) is 12.5. The number of ether oxygens (including phenoxy) is 2. The van der Waals surface area contributed by atoms with Gasteiger partial charge in [-0.3, -0.25) is 23.7 Å². The highest BCUT2D eigenvalue weighted by Gasteiger charge is 2.18. The number of hydrogen-bond donors (Lipinski definition) is 1. The van der Waals surface area contributed by atoms with Crippen molar-refractivity contribution in [2.75, 3.05) is 18.5 Å². The van der Waals surface area contributed by atoms with Gasteiger partial charge in [-0.2, -0.15) is 0 Å². The molecule has 4 aromatic rings. The zero-order chi connectivity index (χ0) is 22.8. The van der Waals surface area contributed by atoms with Crippen molar-refractivity contribution in [2.24, 2.45) is 0 Å². The van der Waals surface area contributed by atoms with Gasteiger partial charge in [-0.25, -0.2) is 9.78 Å². The molecule has 0 saturated carbocycles. The van der Waals surface area contributed by atoms with Gasteiger partial charge in [0, 0.05) is 30.3 Å². The standard InChI is InChI=1S/C23H19N5O5/c29-20(26-16-5-6-18-19(11-16)33-10-9-32-18)14-27-17-4-2-8-25-21(17)22(30)28(23(27)31)13-15-3-1-7-24-12-15/h1-8,11-12H,9-10,13-14H2,(H,26,29). The molecule has 0 atom stereocenters. The van der Waals surface area contributed by atoms with Crippen molar-refractivity contribution in [1.29, 1.82) is 0 Å².